The molecule has 0 atom stereocenters. The quantitative estimate of drug-likeness (QED) is 0.0538. The Labute approximate surface area is 323 Å². The number of aryl methyl sites for hydroxylation is 2. The Hall–Kier alpha value is -5.96. The summed E-state index contributed by atoms with van der Waals surface area (Å²) in [5.74, 6) is -1.38. The van der Waals surface area contributed by atoms with Crippen molar-refractivity contribution < 1.29 is 29.7 Å². The smallest absolute Gasteiger partial charge is 0.340 e. The molecule has 1 aromatic heterocycles. The number of likely N-dealkylation sites (tertiary alicyclic amines) is 1. The van der Waals surface area contributed by atoms with Crippen molar-refractivity contribution in [1.82, 2.24) is 15.2 Å². The van der Waals surface area contributed by atoms with Crippen LogP contribution in [0.15, 0.2) is 103 Å². The van der Waals surface area contributed by atoms with Crippen molar-refractivity contribution in [2.75, 3.05) is 19.6 Å². The summed E-state index contributed by atoms with van der Waals surface area (Å²) in [5.41, 5.74) is 5.20. The molecule has 4 aromatic carbocycles. The zero-order valence-electron chi connectivity index (χ0n) is 31.7. The minimum absolute atomic E-state index is 0.0680. The fraction of sp³-hybridized carbons (Fsp3) is 0.304. The third-order valence-electron chi connectivity index (χ3n) is 10.1. The van der Waals surface area contributed by atoms with E-state index in [-0.39, 0.29) is 23.1 Å². The topological polar surface area (TPSA) is 140 Å². The normalized spacial score (nSPS) is 13.0. The predicted molar refractivity (Wildman–Crippen MR) is 217 cm³/mol. The Morgan fingerprint density at radius 3 is 2.25 bits per heavy atom. The third-order valence-corrected chi connectivity index (χ3v) is 10.1. The van der Waals surface area contributed by atoms with Gasteiger partial charge in [-0.05, 0) is 103 Å². The van der Waals surface area contributed by atoms with Gasteiger partial charge in [-0.3, -0.25) is 14.6 Å². The number of carbonyl (C=O) groups excluding carboxylic acids is 2. The molecular formula is C46H51N3O6. The van der Waals surface area contributed by atoms with Crippen molar-refractivity contribution in [2.45, 2.75) is 65.2 Å². The van der Waals surface area contributed by atoms with Gasteiger partial charge in [-0.25, -0.2) is 4.79 Å². The molecule has 9 nitrogen and oxygen atoms in total. The number of aromatic nitrogens is 1. The van der Waals surface area contributed by atoms with E-state index in [0.717, 1.165) is 79.4 Å². The van der Waals surface area contributed by atoms with Gasteiger partial charge in [0, 0.05) is 54.6 Å². The molecule has 55 heavy (non-hydrogen) atoms. The highest BCUT2D eigenvalue weighted by Crippen LogP contribution is 2.42. The van der Waals surface area contributed by atoms with Crippen molar-refractivity contribution in [1.29, 1.82) is 0 Å². The van der Waals surface area contributed by atoms with Crippen LogP contribution in [0.3, 0.4) is 0 Å². The number of hydrogen-bond acceptors (Lipinski definition) is 6. The number of carboxylic acid groups (broad SMARTS) is 1. The molecule has 6 rings (SSSR count). The maximum Gasteiger partial charge on any atom is 0.340 e. The summed E-state index contributed by atoms with van der Waals surface area (Å²) >= 11 is 0. The van der Waals surface area contributed by atoms with Gasteiger partial charge in [-0.1, -0.05) is 86.8 Å². The summed E-state index contributed by atoms with van der Waals surface area (Å²) in [6.07, 6.45) is 14.2. The molecule has 0 radical (unpaired) electrons. The number of fused-ring (bicyclic) bond motifs is 1. The average molecular weight is 742 g/mol. The summed E-state index contributed by atoms with van der Waals surface area (Å²) in [6, 6.07) is 27.0. The van der Waals surface area contributed by atoms with Gasteiger partial charge in [0.15, 0.2) is 11.5 Å². The van der Waals surface area contributed by atoms with E-state index in [1.165, 1.54) is 0 Å². The van der Waals surface area contributed by atoms with Crippen LogP contribution in [0.5, 0.6) is 11.5 Å². The first-order chi connectivity index (χ1) is 26.7. The monoisotopic (exact) mass is 741 g/mol. The van der Waals surface area contributed by atoms with E-state index < -0.39 is 11.7 Å². The SMILES string of the molecule is CCCc1c(O)c(O)c(C(=O)O)c2cc(Cc3ccccc3)c(C)cc12.O=C(/C=C/c1cccnc1)NCCCCC1CCN(C(=O)c2ccccc2)CC1. The second-order valence-corrected chi connectivity index (χ2v) is 14.1. The lowest BCUT2D eigenvalue weighted by atomic mass is 9.90. The zero-order valence-corrected chi connectivity index (χ0v) is 31.7. The second-order valence-electron chi connectivity index (χ2n) is 14.1. The number of hydrogen-bond donors (Lipinski definition) is 4. The lowest BCUT2D eigenvalue weighted by Crippen LogP contribution is -2.38. The van der Waals surface area contributed by atoms with Gasteiger partial charge in [-0.15, -0.1) is 0 Å². The van der Waals surface area contributed by atoms with E-state index >= 15 is 0 Å². The van der Waals surface area contributed by atoms with Crippen LogP contribution in [0.1, 0.15) is 94.0 Å². The first-order valence-corrected chi connectivity index (χ1v) is 19.1. The Kier molecular flexibility index (Phi) is 14.6. The average Bonchev–Trinajstić information content (AvgIpc) is 3.20. The van der Waals surface area contributed by atoms with Gasteiger partial charge in [0.05, 0.1) is 0 Å². The number of aromatic carboxylic acids is 1. The van der Waals surface area contributed by atoms with Crippen LogP contribution >= 0.6 is 0 Å². The van der Waals surface area contributed by atoms with Gasteiger partial charge in [0.1, 0.15) is 5.56 Å². The highest BCUT2D eigenvalue weighted by Gasteiger charge is 2.24. The van der Waals surface area contributed by atoms with Gasteiger partial charge < -0.3 is 25.5 Å². The van der Waals surface area contributed by atoms with E-state index in [9.17, 15) is 29.7 Å². The molecule has 2 amide bonds. The molecule has 2 heterocycles. The molecule has 1 aliphatic rings. The number of amides is 2. The number of unbranched alkanes of at least 4 members (excludes halogenated alkanes) is 1. The molecule has 1 fully saturated rings. The number of rotatable bonds is 13. The molecule has 286 valence electrons. The molecule has 0 saturated carbocycles. The Bertz CT molecular complexity index is 2080. The molecule has 0 bridgehead atoms. The number of benzene rings is 4. The van der Waals surface area contributed by atoms with Crippen molar-refractivity contribution in [3.63, 3.8) is 0 Å². The summed E-state index contributed by atoms with van der Waals surface area (Å²) in [4.78, 5) is 42.1. The lowest BCUT2D eigenvalue weighted by Gasteiger charge is -2.32. The largest absolute Gasteiger partial charge is 0.504 e. The van der Waals surface area contributed by atoms with Crippen molar-refractivity contribution in [3.8, 4) is 11.5 Å². The first-order valence-electron chi connectivity index (χ1n) is 19.1. The summed E-state index contributed by atoms with van der Waals surface area (Å²) < 4.78 is 0. The maximum atomic E-state index is 12.5. The van der Waals surface area contributed by atoms with Crippen LogP contribution in [0.2, 0.25) is 0 Å². The minimum Gasteiger partial charge on any atom is -0.504 e. The van der Waals surface area contributed by atoms with Crippen LogP contribution in [0.4, 0.5) is 0 Å². The molecule has 9 heteroatoms. The van der Waals surface area contributed by atoms with E-state index in [2.05, 4.69) is 10.3 Å². The predicted octanol–water partition coefficient (Wildman–Crippen LogP) is 8.73. The number of pyridine rings is 1. The number of nitrogens with one attached hydrogen (secondary N) is 1. The number of carbonyl (C=O) groups is 3. The van der Waals surface area contributed by atoms with Gasteiger partial charge in [0.25, 0.3) is 5.91 Å². The van der Waals surface area contributed by atoms with Crippen LogP contribution in [0.25, 0.3) is 16.8 Å². The Morgan fingerprint density at radius 2 is 1.60 bits per heavy atom. The molecule has 5 aromatic rings. The fourth-order valence-electron chi connectivity index (χ4n) is 7.11. The summed E-state index contributed by atoms with van der Waals surface area (Å²) in [7, 11) is 0. The van der Waals surface area contributed by atoms with Crippen LogP contribution < -0.4 is 5.32 Å². The number of carboxylic acids is 1. The van der Waals surface area contributed by atoms with Crippen molar-refractivity contribution in [3.05, 3.63) is 142 Å². The minimum atomic E-state index is -1.25. The number of phenols is 2. The van der Waals surface area contributed by atoms with Gasteiger partial charge in [-0.2, -0.15) is 0 Å². The van der Waals surface area contributed by atoms with Crippen LogP contribution in [-0.2, 0) is 17.6 Å². The lowest BCUT2D eigenvalue weighted by molar-refractivity contribution is -0.116. The number of phenolic OH excluding ortho intramolecular Hbond substituents is 1. The summed E-state index contributed by atoms with van der Waals surface area (Å²) in [6.45, 7) is 6.34. The Balaban J connectivity index is 0.000000212. The second kappa shape index (κ2) is 19.9. The highest BCUT2D eigenvalue weighted by molar-refractivity contribution is 6.09. The van der Waals surface area contributed by atoms with E-state index in [0.29, 0.717) is 41.6 Å². The molecule has 1 saturated heterocycles. The first kappa shape index (κ1) is 40.2. The van der Waals surface area contributed by atoms with Gasteiger partial charge in [0.2, 0.25) is 5.91 Å². The zero-order chi connectivity index (χ0) is 39.2. The Morgan fingerprint density at radius 1 is 0.891 bits per heavy atom. The summed E-state index contributed by atoms with van der Waals surface area (Å²) in [5, 5.41) is 34.3. The molecule has 0 unspecified atom stereocenters. The van der Waals surface area contributed by atoms with Crippen LogP contribution in [0, 0.1) is 12.8 Å². The standard InChI is InChI=1S/C24H29N3O2.C22H22O4/c28-23(12-11-21-8-6-15-25-19-21)26-16-5-4-7-20-13-17-27(18-14-20)24(29)22-9-2-1-3-10-22;1-3-7-16-17-10-13(2)15(11-14-8-5-4-6-9-14)12-18(17)19(22(25)26)21(24)20(16)23/h1-3,6,8-12,15,19-20H,4-5,7,13-14,16-18H2,(H,26,28);4-6,8-10,12,23-24H,3,7,11H2,1-2H3,(H,25,26)/b12-11+;. The van der Waals surface area contributed by atoms with Crippen LogP contribution in [-0.4, -0.2) is 62.6 Å². The number of aromatic hydroxyl groups is 2. The number of nitrogens with zero attached hydrogens (tertiary/aromatic N) is 2. The maximum absolute atomic E-state index is 12.5. The molecule has 4 N–H and O–H groups in total. The molecule has 1 aliphatic heterocycles. The molecule has 0 aliphatic carbocycles. The third kappa shape index (κ3) is 11.0. The van der Waals surface area contributed by atoms with E-state index in [1.54, 1.807) is 24.5 Å². The fourth-order valence-corrected chi connectivity index (χ4v) is 7.11. The highest BCUT2D eigenvalue weighted by atomic mass is 16.4. The molecular weight excluding hydrogens is 691 g/mol. The number of piperidine rings is 1. The molecule has 0 spiro atoms. The van der Waals surface area contributed by atoms with E-state index in [4.69, 9.17) is 0 Å². The van der Waals surface area contributed by atoms with E-state index in [1.807, 2.05) is 104 Å². The van der Waals surface area contributed by atoms with Gasteiger partial charge >= 0.3 is 5.97 Å². The van der Waals surface area contributed by atoms with Crippen molar-refractivity contribution >= 4 is 34.6 Å². The van der Waals surface area contributed by atoms with Crippen molar-refractivity contribution in [2.24, 2.45) is 5.92 Å².